The summed E-state index contributed by atoms with van der Waals surface area (Å²) in [7, 11) is -3.25. The molecule has 20 heavy (non-hydrogen) atoms. The molecule has 2 rings (SSSR count). The van der Waals surface area contributed by atoms with Crippen LogP contribution < -0.4 is 4.72 Å². The van der Waals surface area contributed by atoms with Crippen LogP contribution in [0.15, 0.2) is 6.20 Å². The van der Waals surface area contributed by atoms with Crippen molar-refractivity contribution in [1.82, 2.24) is 14.3 Å². The minimum absolute atomic E-state index is 0.0583. The molecule has 0 fully saturated rings. The summed E-state index contributed by atoms with van der Waals surface area (Å²) in [6.07, 6.45) is 5.13. The molecule has 0 aromatic carbocycles. The van der Waals surface area contributed by atoms with Crippen LogP contribution in [-0.2, 0) is 23.0 Å². The zero-order valence-electron chi connectivity index (χ0n) is 11.7. The first-order valence-corrected chi connectivity index (χ1v) is 8.55. The van der Waals surface area contributed by atoms with Crippen LogP contribution in [0.4, 0.5) is 0 Å². The predicted molar refractivity (Wildman–Crippen MR) is 75.5 cm³/mol. The average molecular weight is 296 g/mol. The molecule has 0 spiro atoms. The average Bonchev–Trinajstić information content (AvgIpc) is 2.73. The zero-order chi connectivity index (χ0) is 14.6. The Kier molecular flexibility index (Phi) is 4.78. The van der Waals surface area contributed by atoms with Crippen molar-refractivity contribution in [1.29, 1.82) is 5.26 Å². The highest BCUT2D eigenvalue weighted by atomic mass is 32.2. The molecule has 1 aliphatic rings. The molecule has 0 aliphatic carbocycles. The van der Waals surface area contributed by atoms with Crippen LogP contribution in [0.3, 0.4) is 0 Å². The number of nitriles is 1. The van der Waals surface area contributed by atoms with Gasteiger partial charge in [0.2, 0.25) is 10.0 Å². The number of aromatic nitrogens is 2. The number of fused-ring (bicyclic) bond motifs is 1. The van der Waals surface area contributed by atoms with Crippen LogP contribution in [-0.4, -0.2) is 29.8 Å². The molecule has 1 aromatic heterocycles. The molecular weight excluding hydrogens is 276 g/mol. The lowest BCUT2D eigenvalue weighted by atomic mass is 10.1. The van der Waals surface area contributed by atoms with E-state index in [9.17, 15) is 8.42 Å². The molecule has 6 nitrogen and oxygen atoms in total. The van der Waals surface area contributed by atoms with Gasteiger partial charge in [0.1, 0.15) is 5.82 Å². The van der Waals surface area contributed by atoms with Crippen LogP contribution in [0.2, 0.25) is 0 Å². The number of rotatable bonds is 6. The van der Waals surface area contributed by atoms with Crippen molar-refractivity contribution in [3.8, 4) is 6.07 Å². The second-order valence-corrected chi connectivity index (χ2v) is 7.11. The smallest absolute Gasteiger partial charge is 0.211 e. The van der Waals surface area contributed by atoms with Crippen molar-refractivity contribution < 1.29 is 8.42 Å². The van der Waals surface area contributed by atoms with Crippen LogP contribution in [0, 0.1) is 18.3 Å². The van der Waals surface area contributed by atoms with Crippen molar-refractivity contribution in [3.63, 3.8) is 0 Å². The summed E-state index contributed by atoms with van der Waals surface area (Å²) in [5, 5.41) is 8.43. The lowest BCUT2D eigenvalue weighted by Gasteiger charge is -2.24. The largest absolute Gasteiger partial charge is 0.333 e. The monoisotopic (exact) mass is 296 g/mol. The summed E-state index contributed by atoms with van der Waals surface area (Å²) in [6, 6.07) is 1.96. The normalized spacial score (nSPS) is 18.5. The summed E-state index contributed by atoms with van der Waals surface area (Å²) in [5.41, 5.74) is 0.972. The van der Waals surface area contributed by atoms with Gasteiger partial charge in [0.05, 0.1) is 17.5 Å². The highest BCUT2D eigenvalue weighted by Gasteiger charge is 2.23. The molecule has 0 saturated carbocycles. The lowest BCUT2D eigenvalue weighted by molar-refractivity contribution is 0.420. The van der Waals surface area contributed by atoms with E-state index in [1.54, 1.807) is 0 Å². The van der Waals surface area contributed by atoms with E-state index in [2.05, 4.69) is 9.71 Å². The molecule has 0 amide bonds. The van der Waals surface area contributed by atoms with Gasteiger partial charge < -0.3 is 4.57 Å². The quantitative estimate of drug-likeness (QED) is 0.797. The number of nitrogens with zero attached hydrogens (tertiary/aromatic N) is 3. The molecule has 1 aliphatic heterocycles. The maximum Gasteiger partial charge on any atom is 0.211 e. The fraction of sp³-hybridized carbons (Fsp3) is 0.692. The Balaban J connectivity index is 1.86. The van der Waals surface area contributed by atoms with Crippen LogP contribution in [0.1, 0.15) is 37.2 Å². The van der Waals surface area contributed by atoms with Gasteiger partial charge in [-0.3, -0.25) is 0 Å². The molecule has 1 unspecified atom stereocenters. The summed E-state index contributed by atoms with van der Waals surface area (Å²) >= 11 is 0. The maximum absolute atomic E-state index is 12.0. The first-order valence-electron chi connectivity index (χ1n) is 6.90. The molecule has 7 heteroatoms. The van der Waals surface area contributed by atoms with Crippen molar-refractivity contribution in [2.24, 2.45) is 0 Å². The summed E-state index contributed by atoms with van der Waals surface area (Å²) in [6.45, 7) is 2.59. The molecule has 1 atom stereocenters. The molecule has 1 aromatic rings. The number of imidazole rings is 1. The van der Waals surface area contributed by atoms with Gasteiger partial charge in [-0.25, -0.2) is 18.1 Å². The fourth-order valence-corrected chi connectivity index (χ4v) is 3.89. The topological polar surface area (TPSA) is 87.8 Å². The number of nitrogens with one attached hydrogen (secondary N) is 1. The van der Waals surface area contributed by atoms with E-state index < -0.39 is 10.0 Å². The number of sulfonamides is 1. The highest BCUT2D eigenvalue weighted by Crippen LogP contribution is 2.15. The Morgan fingerprint density at radius 3 is 3.10 bits per heavy atom. The van der Waals surface area contributed by atoms with Crippen molar-refractivity contribution in [2.75, 3.05) is 5.75 Å². The van der Waals surface area contributed by atoms with Gasteiger partial charge >= 0.3 is 0 Å². The van der Waals surface area contributed by atoms with E-state index in [1.165, 1.54) is 0 Å². The minimum Gasteiger partial charge on any atom is -0.333 e. The van der Waals surface area contributed by atoms with Gasteiger partial charge in [0.15, 0.2) is 0 Å². The third kappa shape index (κ3) is 4.05. The van der Waals surface area contributed by atoms with Gasteiger partial charge in [-0.2, -0.15) is 5.26 Å². The van der Waals surface area contributed by atoms with Crippen LogP contribution >= 0.6 is 0 Å². The lowest BCUT2D eigenvalue weighted by Crippen LogP contribution is -2.41. The fourth-order valence-electron chi connectivity index (χ4n) is 2.49. The Morgan fingerprint density at radius 2 is 2.35 bits per heavy atom. The Hall–Kier alpha value is -1.39. The molecule has 110 valence electrons. The highest BCUT2D eigenvalue weighted by molar-refractivity contribution is 7.89. The summed E-state index contributed by atoms with van der Waals surface area (Å²) < 4.78 is 28.7. The molecule has 1 N–H and O–H groups in total. The zero-order valence-corrected chi connectivity index (χ0v) is 12.5. The number of aryl methyl sites for hydroxylation is 2. The van der Waals surface area contributed by atoms with Crippen molar-refractivity contribution >= 4 is 10.0 Å². The number of hydrogen-bond acceptors (Lipinski definition) is 4. The van der Waals surface area contributed by atoms with E-state index in [0.717, 1.165) is 24.4 Å². The Labute approximate surface area is 119 Å². The third-order valence-electron chi connectivity index (χ3n) is 3.41. The molecule has 0 bridgehead atoms. The first-order chi connectivity index (χ1) is 9.50. The van der Waals surface area contributed by atoms with E-state index in [4.69, 9.17) is 5.26 Å². The molecule has 2 heterocycles. The predicted octanol–water partition coefficient (Wildman–Crippen LogP) is 1.12. The van der Waals surface area contributed by atoms with E-state index >= 15 is 0 Å². The van der Waals surface area contributed by atoms with E-state index in [-0.39, 0.29) is 11.8 Å². The standard InChI is InChI=1S/C13H20N4O2S/c1-11-9-17-10-12(5-6-13(17)15-11)16-20(18,19)8-4-2-3-7-14/h9,12,16H,2-6,8,10H2,1H3. The summed E-state index contributed by atoms with van der Waals surface area (Å²) in [5.74, 6) is 1.13. The van der Waals surface area contributed by atoms with Crippen molar-refractivity contribution in [3.05, 3.63) is 17.7 Å². The Bertz CT molecular complexity index is 600. The van der Waals surface area contributed by atoms with Gasteiger partial charge in [-0.1, -0.05) is 0 Å². The first kappa shape index (κ1) is 15.0. The SMILES string of the molecule is Cc1cn2c(n1)CCC(NS(=O)(=O)CCCCC#N)C2. The molecule has 0 saturated heterocycles. The van der Waals surface area contributed by atoms with Crippen LogP contribution in [0.25, 0.3) is 0 Å². The third-order valence-corrected chi connectivity index (χ3v) is 4.93. The molecular formula is C13H20N4O2S. The number of unbranched alkanes of at least 4 members (excludes halogenated alkanes) is 2. The van der Waals surface area contributed by atoms with Gasteiger partial charge in [-0.05, 0) is 26.2 Å². The minimum atomic E-state index is -3.25. The van der Waals surface area contributed by atoms with Gasteiger partial charge in [0.25, 0.3) is 0 Å². The number of hydrogen-bond donors (Lipinski definition) is 1. The summed E-state index contributed by atoms with van der Waals surface area (Å²) in [4.78, 5) is 4.41. The second-order valence-electron chi connectivity index (χ2n) is 5.24. The van der Waals surface area contributed by atoms with Gasteiger partial charge in [0, 0.05) is 31.6 Å². The van der Waals surface area contributed by atoms with Crippen LogP contribution in [0.5, 0.6) is 0 Å². The molecule has 0 radical (unpaired) electrons. The van der Waals surface area contributed by atoms with E-state index in [1.807, 2.05) is 23.8 Å². The maximum atomic E-state index is 12.0. The Morgan fingerprint density at radius 1 is 1.55 bits per heavy atom. The van der Waals surface area contributed by atoms with E-state index in [0.29, 0.717) is 25.8 Å². The van der Waals surface area contributed by atoms with Crippen molar-refractivity contribution in [2.45, 2.75) is 51.6 Å². The second kappa shape index (κ2) is 6.37. The van der Waals surface area contributed by atoms with Gasteiger partial charge in [-0.15, -0.1) is 0 Å².